The third kappa shape index (κ3) is 2.16. The molecule has 2 fully saturated rings. The minimum Gasteiger partial charge on any atom is -0.480 e. The monoisotopic (exact) mass is 240 g/mol. The fourth-order valence-electron chi connectivity index (χ4n) is 2.92. The van der Waals surface area contributed by atoms with Gasteiger partial charge in [0.05, 0.1) is 5.92 Å². The van der Waals surface area contributed by atoms with E-state index in [0.29, 0.717) is 19.0 Å². The van der Waals surface area contributed by atoms with Crippen LogP contribution in [0.2, 0.25) is 0 Å². The number of carbonyl (C=O) groups excluding carboxylic acids is 1. The predicted molar refractivity (Wildman–Crippen MR) is 62.4 cm³/mol. The Hall–Kier alpha value is -1.10. The highest BCUT2D eigenvalue weighted by atomic mass is 16.4. The summed E-state index contributed by atoms with van der Waals surface area (Å²) in [6.07, 6.45) is 0.789. The van der Waals surface area contributed by atoms with Crippen LogP contribution in [-0.2, 0) is 9.59 Å². The molecule has 2 aliphatic heterocycles. The third-order valence-electron chi connectivity index (χ3n) is 4.07. The van der Waals surface area contributed by atoms with E-state index in [1.54, 1.807) is 4.90 Å². The van der Waals surface area contributed by atoms with Gasteiger partial charge in [-0.05, 0) is 24.8 Å². The van der Waals surface area contributed by atoms with E-state index in [-0.39, 0.29) is 17.7 Å². The van der Waals surface area contributed by atoms with Crippen molar-refractivity contribution in [2.45, 2.75) is 26.3 Å². The second-order valence-corrected chi connectivity index (χ2v) is 5.32. The molecule has 5 nitrogen and oxygen atoms in total. The number of nitrogens with zero attached hydrogens (tertiary/aromatic N) is 1. The maximum Gasteiger partial charge on any atom is 0.326 e. The molecule has 2 saturated heterocycles. The van der Waals surface area contributed by atoms with E-state index in [4.69, 9.17) is 0 Å². The zero-order valence-corrected chi connectivity index (χ0v) is 10.3. The Labute approximate surface area is 101 Å². The summed E-state index contributed by atoms with van der Waals surface area (Å²) in [5.74, 6) is -0.558. The molecule has 4 unspecified atom stereocenters. The second-order valence-electron chi connectivity index (χ2n) is 5.32. The van der Waals surface area contributed by atoms with Crippen molar-refractivity contribution in [3.8, 4) is 0 Å². The van der Waals surface area contributed by atoms with E-state index in [9.17, 15) is 14.7 Å². The highest BCUT2D eigenvalue weighted by molar-refractivity contribution is 5.86. The molecular weight excluding hydrogens is 220 g/mol. The average molecular weight is 240 g/mol. The molecule has 0 saturated carbocycles. The van der Waals surface area contributed by atoms with E-state index in [1.165, 1.54) is 0 Å². The first-order chi connectivity index (χ1) is 8.02. The standard InChI is InChI=1S/C12H20N2O3/c1-7-3-4-14(10(7)12(16)17)11(15)9-6-13-5-8(9)2/h7-10,13H,3-6H2,1-2H3,(H,16,17). The minimum absolute atomic E-state index is 0.0132. The molecule has 4 atom stereocenters. The zero-order chi connectivity index (χ0) is 12.6. The molecule has 0 aromatic heterocycles. The lowest BCUT2D eigenvalue weighted by Crippen LogP contribution is -2.46. The van der Waals surface area contributed by atoms with Gasteiger partial charge in [-0.1, -0.05) is 13.8 Å². The number of amides is 1. The SMILES string of the molecule is CC1CNCC1C(=O)N1CCC(C)C1C(=O)O. The fraction of sp³-hybridized carbons (Fsp3) is 0.833. The molecule has 0 spiro atoms. The average Bonchev–Trinajstić information content (AvgIpc) is 2.83. The van der Waals surface area contributed by atoms with Crippen molar-refractivity contribution in [2.24, 2.45) is 17.8 Å². The smallest absolute Gasteiger partial charge is 0.326 e. The normalized spacial score (nSPS) is 37.4. The first-order valence-electron chi connectivity index (χ1n) is 6.26. The van der Waals surface area contributed by atoms with E-state index in [1.807, 2.05) is 13.8 Å². The van der Waals surface area contributed by atoms with Crippen LogP contribution in [0, 0.1) is 17.8 Å². The van der Waals surface area contributed by atoms with Gasteiger partial charge in [-0.3, -0.25) is 4.79 Å². The molecule has 1 amide bonds. The van der Waals surface area contributed by atoms with Crippen molar-refractivity contribution < 1.29 is 14.7 Å². The molecule has 0 bridgehead atoms. The molecule has 96 valence electrons. The second kappa shape index (κ2) is 4.64. The summed E-state index contributed by atoms with van der Waals surface area (Å²) in [6.45, 7) is 6.05. The Bertz CT molecular complexity index is 332. The molecule has 2 aliphatic rings. The van der Waals surface area contributed by atoms with E-state index >= 15 is 0 Å². The Morgan fingerprint density at radius 2 is 1.94 bits per heavy atom. The topological polar surface area (TPSA) is 69.6 Å². The number of carboxylic acid groups (broad SMARTS) is 1. The van der Waals surface area contributed by atoms with Gasteiger partial charge >= 0.3 is 5.97 Å². The molecule has 0 aromatic carbocycles. The lowest BCUT2D eigenvalue weighted by atomic mass is 9.95. The van der Waals surface area contributed by atoms with E-state index in [2.05, 4.69) is 5.32 Å². The summed E-state index contributed by atoms with van der Waals surface area (Å²) in [5.41, 5.74) is 0. The van der Waals surface area contributed by atoms with Crippen LogP contribution < -0.4 is 5.32 Å². The third-order valence-corrected chi connectivity index (χ3v) is 4.07. The lowest BCUT2D eigenvalue weighted by Gasteiger charge is -2.27. The number of hydrogen-bond acceptors (Lipinski definition) is 3. The lowest BCUT2D eigenvalue weighted by molar-refractivity contribution is -0.151. The number of nitrogens with one attached hydrogen (secondary N) is 1. The van der Waals surface area contributed by atoms with Gasteiger partial charge in [-0.15, -0.1) is 0 Å². The summed E-state index contributed by atoms with van der Waals surface area (Å²) >= 11 is 0. The van der Waals surface area contributed by atoms with Crippen LogP contribution in [-0.4, -0.2) is 47.6 Å². The summed E-state index contributed by atoms with van der Waals surface area (Å²) in [4.78, 5) is 25.1. The van der Waals surface area contributed by atoms with Crippen LogP contribution >= 0.6 is 0 Å². The predicted octanol–water partition coefficient (Wildman–Crippen LogP) is 0.164. The van der Waals surface area contributed by atoms with Gasteiger partial charge in [-0.25, -0.2) is 4.79 Å². The molecule has 0 radical (unpaired) electrons. The van der Waals surface area contributed by atoms with E-state index in [0.717, 1.165) is 13.0 Å². The Kier molecular flexibility index (Phi) is 3.38. The van der Waals surface area contributed by atoms with Gasteiger partial charge < -0.3 is 15.3 Å². The van der Waals surface area contributed by atoms with Crippen molar-refractivity contribution in [3.05, 3.63) is 0 Å². The van der Waals surface area contributed by atoms with Crippen molar-refractivity contribution in [3.63, 3.8) is 0 Å². The quantitative estimate of drug-likeness (QED) is 0.721. The first-order valence-corrected chi connectivity index (χ1v) is 6.26. The zero-order valence-electron chi connectivity index (χ0n) is 10.3. The molecule has 0 aromatic rings. The Morgan fingerprint density at radius 3 is 2.47 bits per heavy atom. The summed E-state index contributed by atoms with van der Waals surface area (Å²) < 4.78 is 0. The van der Waals surface area contributed by atoms with Crippen LogP contribution in [0.15, 0.2) is 0 Å². The van der Waals surface area contributed by atoms with Gasteiger partial charge in [0.2, 0.25) is 5.91 Å². The van der Waals surface area contributed by atoms with Crippen molar-refractivity contribution >= 4 is 11.9 Å². The summed E-state index contributed by atoms with van der Waals surface area (Å²) in [6, 6.07) is -0.629. The summed E-state index contributed by atoms with van der Waals surface area (Å²) in [5, 5.41) is 12.4. The molecule has 2 N–H and O–H groups in total. The van der Waals surface area contributed by atoms with Gasteiger partial charge in [0.1, 0.15) is 6.04 Å². The number of likely N-dealkylation sites (tertiary alicyclic amines) is 1. The highest BCUT2D eigenvalue weighted by Crippen LogP contribution is 2.28. The van der Waals surface area contributed by atoms with Crippen LogP contribution in [0.3, 0.4) is 0 Å². The molecule has 2 heterocycles. The maximum atomic E-state index is 12.3. The van der Waals surface area contributed by atoms with Crippen LogP contribution in [0.25, 0.3) is 0 Å². The van der Waals surface area contributed by atoms with E-state index < -0.39 is 12.0 Å². The summed E-state index contributed by atoms with van der Waals surface area (Å²) in [7, 11) is 0. The van der Waals surface area contributed by atoms with Gasteiger partial charge in [-0.2, -0.15) is 0 Å². The Morgan fingerprint density at radius 1 is 1.24 bits per heavy atom. The molecule has 17 heavy (non-hydrogen) atoms. The van der Waals surface area contributed by atoms with Gasteiger partial charge in [0.15, 0.2) is 0 Å². The van der Waals surface area contributed by atoms with Gasteiger partial charge in [0, 0.05) is 13.1 Å². The molecule has 0 aliphatic carbocycles. The number of carbonyl (C=O) groups is 2. The number of aliphatic carboxylic acids is 1. The highest BCUT2D eigenvalue weighted by Gasteiger charge is 2.43. The number of rotatable bonds is 2. The number of carboxylic acids is 1. The largest absolute Gasteiger partial charge is 0.480 e. The fourth-order valence-corrected chi connectivity index (χ4v) is 2.92. The van der Waals surface area contributed by atoms with Crippen LogP contribution in [0.4, 0.5) is 0 Å². The van der Waals surface area contributed by atoms with Crippen molar-refractivity contribution in [2.75, 3.05) is 19.6 Å². The van der Waals surface area contributed by atoms with Gasteiger partial charge in [0.25, 0.3) is 0 Å². The first kappa shape index (κ1) is 12.4. The number of hydrogen-bond donors (Lipinski definition) is 2. The molecule has 2 rings (SSSR count). The molecule has 5 heteroatoms. The Balaban J connectivity index is 2.11. The van der Waals surface area contributed by atoms with Crippen LogP contribution in [0.5, 0.6) is 0 Å². The minimum atomic E-state index is -0.873. The maximum absolute atomic E-state index is 12.3. The molecular formula is C12H20N2O3. The van der Waals surface area contributed by atoms with Crippen molar-refractivity contribution in [1.29, 1.82) is 0 Å². The van der Waals surface area contributed by atoms with Crippen LogP contribution in [0.1, 0.15) is 20.3 Å². The van der Waals surface area contributed by atoms with Crippen molar-refractivity contribution in [1.82, 2.24) is 10.2 Å².